The zero-order valence-corrected chi connectivity index (χ0v) is 21.5. The van der Waals surface area contributed by atoms with E-state index in [9.17, 15) is 14.9 Å². The Morgan fingerprint density at radius 2 is 1.73 bits per heavy atom. The van der Waals surface area contributed by atoms with Crippen molar-refractivity contribution in [3.05, 3.63) is 100 Å². The van der Waals surface area contributed by atoms with Crippen molar-refractivity contribution in [2.24, 2.45) is 5.92 Å². The SMILES string of the molecule is CC(C)C(=O)Nc1cccc(C2CCN(CCC(Oc3ccccc3[N+](=O)[O-])c3ccccc3)CC2)c1. The first-order chi connectivity index (χ1) is 17.9. The molecule has 1 saturated heterocycles. The van der Waals surface area contributed by atoms with Gasteiger partial charge in [-0.1, -0.05) is 68.4 Å². The van der Waals surface area contributed by atoms with Crippen molar-refractivity contribution in [3.8, 4) is 5.75 Å². The zero-order chi connectivity index (χ0) is 26.2. The second-order valence-corrected chi connectivity index (χ2v) is 9.92. The molecular weight excluding hydrogens is 466 g/mol. The first kappa shape index (κ1) is 26.4. The van der Waals surface area contributed by atoms with Gasteiger partial charge in [0.25, 0.3) is 0 Å². The molecule has 1 aliphatic rings. The van der Waals surface area contributed by atoms with Crippen LogP contribution in [0.15, 0.2) is 78.9 Å². The monoisotopic (exact) mass is 501 g/mol. The van der Waals surface area contributed by atoms with Gasteiger partial charge < -0.3 is 15.0 Å². The van der Waals surface area contributed by atoms with Crippen LogP contribution in [0, 0.1) is 16.0 Å². The van der Waals surface area contributed by atoms with E-state index in [1.165, 1.54) is 11.6 Å². The van der Waals surface area contributed by atoms with E-state index in [1.807, 2.05) is 56.3 Å². The maximum absolute atomic E-state index is 12.1. The Labute approximate surface area is 218 Å². The Hall–Kier alpha value is -3.71. The van der Waals surface area contributed by atoms with Crippen LogP contribution in [0.1, 0.15) is 56.3 Å². The van der Waals surface area contributed by atoms with Gasteiger partial charge in [0.05, 0.1) is 4.92 Å². The predicted octanol–water partition coefficient (Wildman–Crippen LogP) is 6.58. The molecule has 3 aromatic carbocycles. The quantitative estimate of drug-likeness (QED) is 0.251. The summed E-state index contributed by atoms with van der Waals surface area (Å²) in [5.41, 5.74) is 3.12. The summed E-state index contributed by atoms with van der Waals surface area (Å²) in [5, 5.41) is 14.5. The van der Waals surface area contributed by atoms with Gasteiger partial charge in [-0.2, -0.15) is 0 Å². The molecule has 7 nitrogen and oxygen atoms in total. The molecule has 0 spiro atoms. The second kappa shape index (κ2) is 12.5. The number of carbonyl (C=O) groups excluding carboxylic acids is 1. The first-order valence-corrected chi connectivity index (χ1v) is 13.0. The van der Waals surface area contributed by atoms with Gasteiger partial charge in [-0.15, -0.1) is 0 Å². The van der Waals surface area contributed by atoms with Gasteiger partial charge in [-0.3, -0.25) is 14.9 Å². The van der Waals surface area contributed by atoms with Crippen LogP contribution in [0.3, 0.4) is 0 Å². The lowest BCUT2D eigenvalue weighted by molar-refractivity contribution is -0.386. The van der Waals surface area contributed by atoms with E-state index in [0.29, 0.717) is 11.7 Å². The van der Waals surface area contributed by atoms with E-state index in [1.54, 1.807) is 18.2 Å². The van der Waals surface area contributed by atoms with E-state index in [4.69, 9.17) is 4.74 Å². The van der Waals surface area contributed by atoms with Crippen molar-refractivity contribution in [3.63, 3.8) is 0 Å². The van der Waals surface area contributed by atoms with Gasteiger partial charge in [-0.25, -0.2) is 0 Å². The minimum Gasteiger partial charge on any atom is -0.479 e. The average Bonchev–Trinajstić information content (AvgIpc) is 2.92. The van der Waals surface area contributed by atoms with Crippen LogP contribution in [0.5, 0.6) is 5.75 Å². The van der Waals surface area contributed by atoms with Crippen LogP contribution >= 0.6 is 0 Å². The van der Waals surface area contributed by atoms with Gasteiger partial charge >= 0.3 is 5.69 Å². The summed E-state index contributed by atoms with van der Waals surface area (Å²) in [6, 6.07) is 24.7. The fourth-order valence-electron chi connectivity index (χ4n) is 4.77. The number of ether oxygens (including phenoxy) is 1. The molecule has 0 saturated carbocycles. The van der Waals surface area contributed by atoms with Crippen LogP contribution < -0.4 is 10.1 Å². The lowest BCUT2D eigenvalue weighted by Crippen LogP contribution is -2.34. The lowest BCUT2D eigenvalue weighted by atomic mass is 9.89. The number of hydrogen-bond donors (Lipinski definition) is 1. The van der Waals surface area contributed by atoms with Crippen molar-refractivity contribution < 1.29 is 14.5 Å². The molecule has 0 radical (unpaired) electrons. The molecule has 7 heteroatoms. The molecule has 0 bridgehead atoms. The van der Waals surface area contributed by atoms with Gasteiger partial charge in [0.1, 0.15) is 6.10 Å². The number of nitro groups is 1. The molecule has 1 fully saturated rings. The van der Waals surface area contributed by atoms with E-state index in [-0.39, 0.29) is 23.6 Å². The fraction of sp³-hybridized carbons (Fsp3) is 0.367. The minimum atomic E-state index is -0.397. The average molecular weight is 502 g/mol. The summed E-state index contributed by atoms with van der Waals surface area (Å²) in [6.45, 7) is 6.57. The number of carbonyl (C=O) groups is 1. The fourth-order valence-corrected chi connectivity index (χ4v) is 4.77. The number of anilines is 1. The maximum Gasteiger partial charge on any atom is 0.310 e. The number of nitro benzene ring substituents is 1. The topological polar surface area (TPSA) is 84.7 Å². The third-order valence-electron chi connectivity index (χ3n) is 6.95. The molecular formula is C30H35N3O4. The summed E-state index contributed by atoms with van der Waals surface area (Å²) in [6.07, 6.45) is 2.55. The highest BCUT2D eigenvalue weighted by atomic mass is 16.6. The maximum atomic E-state index is 12.1. The number of piperidine rings is 1. The number of likely N-dealkylation sites (tertiary alicyclic amines) is 1. The largest absolute Gasteiger partial charge is 0.479 e. The molecule has 1 amide bonds. The Kier molecular flexibility index (Phi) is 8.90. The highest BCUT2D eigenvalue weighted by Gasteiger charge is 2.24. The number of rotatable bonds is 10. The van der Waals surface area contributed by atoms with Crippen molar-refractivity contribution in [2.75, 3.05) is 25.0 Å². The Morgan fingerprint density at radius 3 is 2.43 bits per heavy atom. The van der Waals surface area contributed by atoms with Gasteiger partial charge in [0.2, 0.25) is 5.91 Å². The number of benzene rings is 3. The minimum absolute atomic E-state index is 0.0175. The summed E-state index contributed by atoms with van der Waals surface area (Å²) < 4.78 is 6.23. The number of nitrogens with zero attached hydrogens (tertiary/aromatic N) is 2. The Bertz CT molecular complexity index is 1190. The summed E-state index contributed by atoms with van der Waals surface area (Å²) in [5.74, 6) is 0.733. The number of nitrogens with one attached hydrogen (secondary N) is 1. The molecule has 1 atom stereocenters. The first-order valence-electron chi connectivity index (χ1n) is 13.0. The molecule has 4 rings (SSSR count). The number of amides is 1. The van der Waals surface area contributed by atoms with Gasteiger partial charge in [0, 0.05) is 30.6 Å². The van der Waals surface area contributed by atoms with Gasteiger partial charge in [-0.05, 0) is 61.2 Å². The van der Waals surface area contributed by atoms with Crippen LogP contribution in [0.2, 0.25) is 0 Å². The van der Waals surface area contributed by atoms with Crippen molar-refractivity contribution in [1.82, 2.24) is 4.90 Å². The normalized spacial score (nSPS) is 15.3. The number of para-hydroxylation sites is 2. The van der Waals surface area contributed by atoms with Crippen LogP contribution in [-0.4, -0.2) is 35.4 Å². The molecule has 3 aromatic rings. The molecule has 194 valence electrons. The molecule has 1 aliphatic heterocycles. The van der Waals surface area contributed by atoms with E-state index in [2.05, 4.69) is 22.3 Å². The molecule has 0 aromatic heterocycles. The summed E-state index contributed by atoms with van der Waals surface area (Å²) >= 11 is 0. The third kappa shape index (κ3) is 7.17. The van der Waals surface area contributed by atoms with Crippen molar-refractivity contribution in [2.45, 2.75) is 45.1 Å². The molecule has 37 heavy (non-hydrogen) atoms. The third-order valence-corrected chi connectivity index (χ3v) is 6.95. The van der Waals surface area contributed by atoms with E-state index in [0.717, 1.165) is 50.1 Å². The van der Waals surface area contributed by atoms with Crippen molar-refractivity contribution >= 4 is 17.3 Å². The number of hydrogen-bond acceptors (Lipinski definition) is 5. The van der Waals surface area contributed by atoms with Crippen LogP contribution in [0.4, 0.5) is 11.4 Å². The highest BCUT2D eigenvalue weighted by molar-refractivity contribution is 5.92. The molecule has 0 aliphatic carbocycles. The molecule has 1 N–H and O–H groups in total. The second-order valence-electron chi connectivity index (χ2n) is 9.92. The smallest absolute Gasteiger partial charge is 0.310 e. The van der Waals surface area contributed by atoms with Crippen LogP contribution in [0.25, 0.3) is 0 Å². The Morgan fingerprint density at radius 1 is 1.03 bits per heavy atom. The highest BCUT2D eigenvalue weighted by Crippen LogP contribution is 2.33. The standard InChI is InChI=1S/C30H35N3O4/c1-22(2)30(34)31-26-12-8-11-25(21-26)23-15-18-32(19-16-23)20-17-28(24-9-4-3-5-10-24)37-29-14-7-6-13-27(29)33(35)36/h3-14,21-23,28H,15-20H2,1-2H3,(H,31,34). The zero-order valence-electron chi connectivity index (χ0n) is 21.5. The summed E-state index contributed by atoms with van der Waals surface area (Å²) in [4.78, 5) is 25.6. The van der Waals surface area contributed by atoms with E-state index < -0.39 is 4.92 Å². The van der Waals surface area contributed by atoms with Gasteiger partial charge in [0.15, 0.2) is 5.75 Å². The summed E-state index contributed by atoms with van der Waals surface area (Å²) in [7, 11) is 0. The van der Waals surface area contributed by atoms with E-state index >= 15 is 0 Å². The molecule has 1 heterocycles. The Balaban J connectivity index is 1.36. The molecule has 1 unspecified atom stereocenters. The lowest BCUT2D eigenvalue weighted by Gasteiger charge is -2.33. The van der Waals surface area contributed by atoms with Crippen LogP contribution in [-0.2, 0) is 4.79 Å². The van der Waals surface area contributed by atoms with Crippen molar-refractivity contribution in [1.29, 1.82) is 0 Å². The predicted molar refractivity (Wildman–Crippen MR) is 146 cm³/mol.